The van der Waals surface area contributed by atoms with Crippen LogP contribution in [0.25, 0.3) is 11.3 Å². The van der Waals surface area contributed by atoms with E-state index in [9.17, 15) is 0 Å². The van der Waals surface area contributed by atoms with Gasteiger partial charge in [0.1, 0.15) is 12.4 Å². The van der Waals surface area contributed by atoms with Crippen molar-refractivity contribution in [3.05, 3.63) is 35.5 Å². The molecule has 3 rings (SSSR count). The van der Waals surface area contributed by atoms with Gasteiger partial charge in [-0.25, -0.2) is 0 Å². The molecule has 130 valence electrons. The molecule has 1 aliphatic heterocycles. The highest BCUT2D eigenvalue weighted by molar-refractivity contribution is 7.97. The lowest BCUT2D eigenvalue weighted by Crippen LogP contribution is -2.29. The van der Waals surface area contributed by atoms with Crippen molar-refractivity contribution in [2.75, 3.05) is 19.7 Å². The molecule has 0 radical (unpaired) electrons. The van der Waals surface area contributed by atoms with E-state index in [1.54, 1.807) is 6.20 Å². The third-order valence-corrected chi connectivity index (χ3v) is 5.49. The minimum Gasteiger partial charge on any atom is -0.492 e. The molecular weight excluding hydrogens is 320 g/mol. The Kier molecular flexibility index (Phi) is 5.85. The Labute approximate surface area is 148 Å². The quantitative estimate of drug-likeness (QED) is 0.678. The van der Waals surface area contributed by atoms with Gasteiger partial charge in [-0.05, 0) is 32.3 Å². The van der Waals surface area contributed by atoms with Crippen molar-refractivity contribution in [2.45, 2.75) is 45.3 Å². The molecule has 2 heterocycles. The van der Waals surface area contributed by atoms with E-state index in [1.807, 2.05) is 24.9 Å². The van der Waals surface area contributed by atoms with Crippen LogP contribution >= 0.6 is 11.9 Å². The number of nitrogens with zero attached hydrogens (tertiary/aromatic N) is 2. The second-order valence-electron chi connectivity index (χ2n) is 6.29. The van der Waals surface area contributed by atoms with Crippen LogP contribution < -0.4 is 4.74 Å². The maximum atomic E-state index is 6.06. The maximum absolute atomic E-state index is 6.06. The third-order valence-electron chi connectivity index (χ3n) is 4.23. The number of benzene rings is 1. The smallest absolute Gasteiger partial charge is 0.170 e. The zero-order valence-corrected chi connectivity index (χ0v) is 15.6. The fourth-order valence-electron chi connectivity index (χ4n) is 3.14. The Morgan fingerprint density at radius 2 is 2.04 bits per heavy atom. The second kappa shape index (κ2) is 8.08. The molecule has 0 saturated heterocycles. The van der Waals surface area contributed by atoms with Gasteiger partial charge in [0.05, 0.1) is 11.4 Å². The van der Waals surface area contributed by atoms with Gasteiger partial charge in [-0.1, -0.05) is 43.1 Å². The monoisotopic (exact) mass is 346 g/mol. The number of ether oxygens (including phenoxy) is 1. The number of fused-ring (bicyclic) bond motifs is 1. The first-order valence-corrected chi connectivity index (χ1v) is 9.64. The molecule has 1 aromatic heterocycles. The van der Waals surface area contributed by atoms with Crippen LogP contribution in [0.1, 0.15) is 37.8 Å². The van der Waals surface area contributed by atoms with Gasteiger partial charge in [0, 0.05) is 29.8 Å². The van der Waals surface area contributed by atoms with E-state index < -0.39 is 0 Å². The normalized spacial score (nSPS) is 16.9. The van der Waals surface area contributed by atoms with E-state index in [0.29, 0.717) is 5.25 Å². The van der Waals surface area contributed by atoms with E-state index in [0.717, 1.165) is 48.8 Å². The van der Waals surface area contributed by atoms with Gasteiger partial charge < -0.3 is 9.26 Å². The maximum Gasteiger partial charge on any atom is 0.170 e. The summed E-state index contributed by atoms with van der Waals surface area (Å²) >= 11 is 1.95. The first-order valence-electron chi connectivity index (χ1n) is 8.81. The first-order chi connectivity index (χ1) is 11.7. The fraction of sp³-hybridized carbons (Fsp3) is 0.526. The van der Waals surface area contributed by atoms with Crippen LogP contribution in [-0.2, 0) is 6.42 Å². The predicted molar refractivity (Wildman–Crippen MR) is 99.4 cm³/mol. The van der Waals surface area contributed by atoms with Crippen LogP contribution in [0.3, 0.4) is 0 Å². The van der Waals surface area contributed by atoms with Crippen LogP contribution in [0.2, 0.25) is 0 Å². The molecule has 2 aromatic rings. The number of hydrogen-bond donors (Lipinski definition) is 0. The Morgan fingerprint density at radius 1 is 1.25 bits per heavy atom. The highest BCUT2D eigenvalue weighted by Gasteiger charge is 2.26. The second-order valence-corrected chi connectivity index (χ2v) is 7.69. The van der Waals surface area contributed by atoms with Crippen molar-refractivity contribution in [3.63, 3.8) is 0 Å². The van der Waals surface area contributed by atoms with Gasteiger partial charge in [0.15, 0.2) is 5.76 Å². The Hall–Kier alpha value is -1.46. The lowest BCUT2D eigenvalue weighted by Gasteiger charge is -2.30. The molecule has 0 bridgehead atoms. The van der Waals surface area contributed by atoms with Crippen LogP contribution in [0, 0.1) is 6.92 Å². The Bertz CT molecular complexity index is 665. The number of hydrogen-bond acceptors (Lipinski definition) is 5. The molecule has 1 aliphatic rings. The summed E-state index contributed by atoms with van der Waals surface area (Å²) in [7, 11) is 0. The van der Waals surface area contributed by atoms with Gasteiger partial charge in [-0.15, -0.1) is 0 Å². The highest BCUT2D eigenvalue weighted by atomic mass is 32.2. The fourth-order valence-corrected chi connectivity index (χ4v) is 4.51. The van der Waals surface area contributed by atoms with Gasteiger partial charge in [-0.2, -0.15) is 0 Å². The molecule has 0 spiro atoms. The molecular formula is C19H26N2O2S. The van der Waals surface area contributed by atoms with E-state index in [2.05, 4.69) is 35.4 Å². The van der Waals surface area contributed by atoms with Crippen molar-refractivity contribution in [2.24, 2.45) is 0 Å². The van der Waals surface area contributed by atoms with E-state index in [1.165, 1.54) is 18.4 Å². The molecule has 0 N–H and O–H groups in total. The van der Waals surface area contributed by atoms with Crippen molar-refractivity contribution in [1.29, 1.82) is 0 Å². The van der Waals surface area contributed by atoms with Crippen molar-refractivity contribution in [1.82, 2.24) is 9.46 Å². The Morgan fingerprint density at radius 3 is 2.71 bits per heavy atom. The zero-order chi connectivity index (χ0) is 16.9. The molecule has 5 heteroatoms. The average Bonchev–Trinajstić information content (AvgIpc) is 3.00. The van der Waals surface area contributed by atoms with Crippen LogP contribution in [-0.4, -0.2) is 34.4 Å². The standard InChI is InChI=1S/C19H26N2O2S/c1-4-9-21(10-5-2)24-15-11-17-16(19-14(3)12-20-23-19)7-6-8-18(17)22-13-15/h6-8,12,15H,4-5,9-11,13H2,1-3H3. The average molecular weight is 346 g/mol. The molecule has 0 aliphatic carbocycles. The topological polar surface area (TPSA) is 38.5 Å². The Balaban J connectivity index is 1.81. The summed E-state index contributed by atoms with van der Waals surface area (Å²) in [5.74, 6) is 1.85. The van der Waals surface area contributed by atoms with Gasteiger partial charge in [0.2, 0.25) is 0 Å². The summed E-state index contributed by atoms with van der Waals surface area (Å²) in [6, 6.07) is 6.20. The lowest BCUT2D eigenvalue weighted by molar-refractivity contribution is 0.291. The largest absolute Gasteiger partial charge is 0.492 e. The molecule has 1 atom stereocenters. The van der Waals surface area contributed by atoms with E-state index in [-0.39, 0.29) is 0 Å². The predicted octanol–water partition coefficient (Wildman–Crippen LogP) is 4.72. The molecule has 0 fully saturated rings. The first kappa shape index (κ1) is 17.4. The lowest BCUT2D eigenvalue weighted by atomic mass is 9.97. The highest BCUT2D eigenvalue weighted by Crippen LogP contribution is 2.38. The van der Waals surface area contributed by atoms with Gasteiger partial charge >= 0.3 is 0 Å². The zero-order valence-electron chi connectivity index (χ0n) is 14.7. The van der Waals surface area contributed by atoms with Crippen molar-refractivity contribution < 1.29 is 9.26 Å². The summed E-state index contributed by atoms with van der Waals surface area (Å²) in [5, 5.41) is 4.38. The summed E-state index contributed by atoms with van der Waals surface area (Å²) < 4.78 is 14.0. The molecule has 0 amide bonds. The summed E-state index contributed by atoms with van der Waals surface area (Å²) in [6.45, 7) is 9.53. The molecule has 1 aromatic carbocycles. The minimum absolute atomic E-state index is 0.444. The number of aromatic nitrogens is 1. The van der Waals surface area contributed by atoms with Crippen LogP contribution in [0.15, 0.2) is 28.9 Å². The van der Waals surface area contributed by atoms with E-state index >= 15 is 0 Å². The third kappa shape index (κ3) is 3.78. The summed E-state index contributed by atoms with van der Waals surface area (Å²) in [5.41, 5.74) is 3.43. The SMILES string of the molecule is CCCN(CCC)SC1COc2cccc(-c3oncc3C)c2C1. The number of aryl methyl sites for hydroxylation is 1. The van der Waals surface area contributed by atoms with Gasteiger partial charge in [-0.3, -0.25) is 4.31 Å². The van der Waals surface area contributed by atoms with Crippen molar-refractivity contribution in [3.8, 4) is 17.1 Å². The van der Waals surface area contributed by atoms with Crippen molar-refractivity contribution >= 4 is 11.9 Å². The molecule has 0 saturated carbocycles. The minimum atomic E-state index is 0.444. The number of rotatable bonds is 7. The summed E-state index contributed by atoms with van der Waals surface area (Å²) in [4.78, 5) is 0. The van der Waals surface area contributed by atoms with Crippen LogP contribution in [0.5, 0.6) is 5.75 Å². The summed E-state index contributed by atoms with van der Waals surface area (Å²) in [6.07, 6.45) is 5.13. The molecule has 24 heavy (non-hydrogen) atoms. The van der Waals surface area contributed by atoms with Crippen LogP contribution in [0.4, 0.5) is 0 Å². The van der Waals surface area contributed by atoms with E-state index in [4.69, 9.17) is 9.26 Å². The van der Waals surface area contributed by atoms with Gasteiger partial charge in [0.25, 0.3) is 0 Å². The molecule has 4 nitrogen and oxygen atoms in total. The molecule has 1 unspecified atom stereocenters.